The lowest BCUT2D eigenvalue weighted by atomic mass is 9.73. The molecular formula is C33H40BrN3O7. The molecule has 3 amide bonds. The molecule has 1 aromatic rings. The van der Waals surface area contributed by atoms with E-state index in [1.165, 1.54) is 4.90 Å². The first-order valence-electron chi connectivity index (χ1n) is 15.7. The topological polar surface area (TPSA) is 125 Å². The third-order valence-corrected chi connectivity index (χ3v) is 10.5. The van der Waals surface area contributed by atoms with Gasteiger partial charge in [-0.2, -0.15) is 0 Å². The Balaban J connectivity index is 1.43. The Hall–Kier alpha value is -3.02. The van der Waals surface area contributed by atoms with Gasteiger partial charge in [0.25, 0.3) is 0 Å². The van der Waals surface area contributed by atoms with E-state index in [1.54, 1.807) is 13.0 Å². The van der Waals surface area contributed by atoms with Gasteiger partial charge in [-0.3, -0.25) is 19.2 Å². The molecule has 0 unspecified atom stereocenters. The van der Waals surface area contributed by atoms with Gasteiger partial charge in [0.05, 0.1) is 30.5 Å². The fourth-order valence-corrected chi connectivity index (χ4v) is 8.43. The lowest BCUT2D eigenvalue weighted by molar-refractivity contribution is -0.152. The maximum atomic E-state index is 14.8. The highest BCUT2D eigenvalue weighted by molar-refractivity contribution is 9.11. The fourth-order valence-electron chi connectivity index (χ4n) is 7.70. The number of cyclic esters (lactones) is 1. The van der Waals surface area contributed by atoms with Crippen LogP contribution in [0.5, 0.6) is 0 Å². The summed E-state index contributed by atoms with van der Waals surface area (Å²) in [6, 6.07) is 6.86. The van der Waals surface area contributed by atoms with E-state index in [4.69, 9.17) is 9.47 Å². The smallest absolute Gasteiger partial charge is 0.306 e. The Morgan fingerprint density at radius 3 is 2.55 bits per heavy atom. The quantitative estimate of drug-likeness (QED) is 0.373. The molecule has 2 saturated heterocycles. The molecule has 3 fully saturated rings. The Bertz CT molecular complexity index is 1350. The molecule has 10 nitrogen and oxygen atoms in total. The molecule has 1 aliphatic carbocycles. The maximum Gasteiger partial charge on any atom is 0.306 e. The minimum Gasteiger partial charge on any atom is -0.463 e. The zero-order valence-electron chi connectivity index (χ0n) is 24.9. The van der Waals surface area contributed by atoms with E-state index in [2.05, 4.69) is 21.2 Å². The third kappa shape index (κ3) is 5.41. The van der Waals surface area contributed by atoms with Gasteiger partial charge in [-0.1, -0.05) is 77.7 Å². The number of nitrogens with zero attached hydrogens (tertiary/aromatic N) is 2. The van der Waals surface area contributed by atoms with Crippen LogP contribution in [0.4, 0.5) is 0 Å². The number of halogens is 1. The van der Waals surface area contributed by atoms with Crippen molar-refractivity contribution in [1.82, 2.24) is 15.1 Å². The number of likely N-dealkylation sites (tertiary alicyclic amines) is 1. The monoisotopic (exact) mass is 669 g/mol. The normalized spacial score (nSPS) is 34.8. The number of amides is 3. The SMILES string of the molecule is C[C@H](CO)N1C(=O)[C@@H]2[C@H]3C(=O)N[C@@H](c4ccccc4)COC(=O)CC/C=C\CN(C4CCCCC4)C(=O)[C@@H]1[C@]21C=C(Br)[C@H]3O1. The first-order chi connectivity index (χ1) is 21.3. The second kappa shape index (κ2) is 12.8. The molecule has 1 aromatic carbocycles. The summed E-state index contributed by atoms with van der Waals surface area (Å²) in [5.41, 5.74) is -0.619. The molecule has 1 saturated carbocycles. The van der Waals surface area contributed by atoms with Crippen LogP contribution >= 0.6 is 15.9 Å². The Labute approximate surface area is 265 Å². The zero-order valence-corrected chi connectivity index (χ0v) is 26.5. The molecule has 5 aliphatic rings. The zero-order chi connectivity index (χ0) is 31.0. The predicted molar refractivity (Wildman–Crippen MR) is 164 cm³/mol. The van der Waals surface area contributed by atoms with Crippen LogP contribution < -0.4 is 5.32 Å². The van der Waals surface area contributed by atoms with Crippen molar-refractivity contribution in [3.05, 3.63) is 58.6 Å². The lowest BCUT2D eigenvalue weighted by Gasteiger charge is -2.41. The van der Waals surface area contributed by atoms with E-state index in [9.17, 15) is 24.3 Å². The highest BCUT2D eigenvalue weighted by Gasteiger charge is 2.75. The summed E-state index contributed by atoms with van der Waals surface area (Å²) in [5, 5.41) is 13.3. The number of allylic oxidation sites excluding steroid dienone is 1. The number of aliphatic hydroxyl groups is 1. The van der Waals surface area contributed by atoms with Gasteiger partial charge in [-0.25, -0.2) is 0 Å². The highest BCUT2D eigenvalue weighted by Crippen LogP contribution is 2.59. The van der Waals surface area contributed by atoms with E-state index in [0.717, 1.165) is 37.7 Å². The number of hydrogen-bond donors (Lipinski definition) is 2. The van der Waals surface area contributed by atoms with E-state index < -0.39 is 47.6 Å². The van der Waals surface area contributed by atoms with Crippen LogP contribution in [0.25, 0.3) is 0 Å². The van der Waals surface area contributed by atoms with E-state index in [-0.39, 0.29) is 43.5 Å². The molecule has 2 N–H and O–H groups in total. The number of ether oxygens (including phenoxy) is 2. The standard InChI is InChI=1S/C33H40BrN3O7/c1-20(18-38)37-29-32(42)36(22-13-7-3-8-14-22)16-10-4-9-15-25(39)43-19-24(21-11-5-2-6-12-21)35-30(40)26-27(31(37)41)33(29)17-23(34)28(26)44-33/h2,4-6,10-12,17,20,22,24,26-29,38H,3,7-9,13-16,18-19H2,1H3,(H,35,40)/b10-4-/t20-,24-,26-,27+,28-,29-,33+/m1/s1. The van der Waals surface area contributed by atoms with Crippen molar-refractivity contribution < 1.29 is 33.8 Å². The number of rotatable bonds is 4. The molecule has 4 aliphatic heterocycles. The Morgan fingerprint density at radius 2 is 1.82 bits per heavy atom. The van der Waals surface area contributed by atoms with Crippen molar-refractivity contribution in [1.29, 1.82) is 0 Å². The van der Waals surface area contributed by atoms with Gasteiger partial charge in [0.15, 0.2) is 0 Å². The molecule has 1 spiro atoms. The number of carbonyl (C=O) groups excluding carboxylic acids is 4. The average molecular weight is 671 g/mol. The summed E-state index contributed by atoms with van der Waals surface area (Å²) >= 11 is 3.60. The number of aliphatic hydroxyl groups excluding tert-OH is 1. The largest absolute Gasteiger partial charge is 0.463 e. The van der Waals surface area contributed by atoms with Crippen LogP contribution in [0.1, 0.15) is 63.5 Å². The maximum absolute atomic E-state index is 14.8. The van der Waals surface area contributed by atoms with Crippen molar-refractivity contribution in [2.75, 3.05) is 19.8 Å². The van der Waals surface area contributed by atoms with E-state index in [1.807, 2.05) is 47.4 Å². The van der Waals surface area contributed by atoms with E-state index >= 15 is 0 Å². The first kappa shape index (κ1) is 31.0. The van der Waals surface area contributed by atoms with Gasteiger partial charge in [0, 0.05) is 23.5 Å². The van der Waals surface area contributed by atoms with Crippen LogP contribution in [0.15, 0.2) is 53.0 Å². The Kier molecular flexibility index (Phi) is 8.99. The number of fused-ring (bicyclic) bond motifs is 2. The minimum absolute atomic E-state index is 0.0125. The molecule has 11 heteroatoms. The summed E-state index contributed by atoms with van der Waals surface area (Å²) in [7, 11) is 0. The number of esters is 1. The molecular weight excluding hydrogens is 630 g/mol. The summed E-state index contributed by atoms with van der Waals surface area (Å²) < 4.78 is 12.8. The number of carbonyl (C=O) groups is 4. The van der Waals surface area contributed by atoms with Crippen LogP contribution in [0.2, 0.25) is 0 Å². The first-order valence-corrected chi connectivity index (χ1v) is 16.5. The molecule has 5 bridgehead atoms. The minimum atomic E-state index is -1.37. The second-order valence-electron chi connectivity index (χ2n) is 12.6. The van der Waals surface area contributed by atoms with Crippen LogP contribution in [0, 0.1) is 11.8 Å². The summed E-state index contributed by atoms with van der Waals surface area (Å²) in [4.78, 5) is 59.3. The molecule has 6 rings (SSSR count). The molecule has 4 heterocycles. The number of benzene rings is 1. The molecule has 236 valence electrons. The van der Waals surface area contributed by atoms with Gasteiger partial charge >= 0.3 is 5.97 Å². The third-order valence-electron chi connectivity index (χ3n) is 9.85. The van der Waals surface area contributed by atoms with Crippen molar-refractivity contribution in [2.45, 2.75) is 87.7 Å². The van der Waals surface area contributed by atoms with Gasteiger partial charge < -0.3 is 29.7 Å². The molecule has 0 aromatic heterocycles. The number of nitrogens with one attached hydrogen (secondary N) is 1. The fraction of sp³-hybridized carbons (Fsp3) is 0.576. The van der Waals surface area contributed by atoms with Crippen molar-refractivity contribution in [3.8, 4) is 0 Å². The van der Waals surface area contributed by atoms with Crippen molar-refractivity contribution in [2.24, 2.45) is 11.8 Å². The van der Waals surface area contributed by atoms with Gasteiger partial charge in [0.2, 0.25) is 17.7 Å². The van der Waals surface area contributed by atoms with E-state index in [0.29, 0.717) is 17.4 Å². The van der Waals surface area contributed by atoms with Gasteiger partial charge in [-0.05, 0) is 37.8 Å². The van der Waals surface area contributed by atoms with Crippen molar-refractivity contribution in [3.63, 3.8) is 0 Å². The second-order valence-corrected chi connectivity index (χ2v) is 13.5. The molecule has 0 radical (unpaired) electrons. The van der Waals surface area contributed by atoms with Crippen LogP contribution in [-0.2, 0) is 28.7 Å². The van der Waals surface area contributed by atoms with Crippen molar-refractivity contribution >= 4 is 39.6 Å². The van der Waals surface area contributed by atoms with Crippen LogP contribution in [-0.4, -0.2) is 88.2 Å². The average Bonchev–Trinajstić information content (AvgIpc) is 3.63. The number of hydrogen-bond acceptors (Lipinski definition) is 7. The highest BCUT2D eigenvalue weighted by atomic mass is 79.9. The summed E-state index contributed by atoms with van der Waals surface area (Å²) in [6.45, 7) is 1.63. The molecule has 44 heavy (non-hydrogen) atoms. The predicted octanol–water partition coefficient (Wildman–Crippen LogP) is 3.15. The van der Waals surface area contributed by atoms with Crippen LogP contribution in [0.3, 0.4) is 0 Å². The molecule has 7 atom stereocenters. The summed E-state index contributed by atoms with van der Waals surface area (Å²) in [6.07, 6.45) is 10.3. The summed E-state index contributed by atoms with van der Waals surface area (Å²) in [5.74, 6) is -3.34. The Morgan fingerprint density at radius 1 is 1.07 bits per heavy atom. The lowest BCUT2D eigenvalue weighted by Crippen LogP contribution is -2.59. The van der Waals surface area contributed by atoms with Gasteiger partial charge in [0.1, 0.15) is 24.4 Å². The van der Waals surface area contributed by atoms with Gasteiger partial charge in [-0.15, -0.1) is 0 Å².